The lowest BCUT2D eigenvalue weighted by Gasteiger charge is -2.16. The Kier molecular flexibility index (Phi) is 4.92. The van der Waals surface area contributed by atoms with Gasteiger partial charge in [0.15, 0.2) is 0 Å². The average molecular weight is 410 g/mol. The van der Waals surface area contributed by atoms with Crippen LogP contribution in [0.2, 0.25) is 0 Å². The van der Waals surface area contributed by atoms with Crippen molar-refractivity contribution in [2.75, 3.05) is 16.2 Å². The largest absolute Gasteiger partial charge is 0.319 e. The summed E-state index contributed by atoms with van der Waals surface area (Å²) in [4.78, 5) is 13.7. The van der Waals surface area contributed by atoms with E-state index in [1.165, 1.54) is 12.1 Å². The number of nitrogens with one attached hydrogen (secondary N) is 1. The number of aromatic nitrogens is 1. The Labute approximate surface area is 170 Å². The summed E-state index contributed by atoms with van der Waals surface area (Å²) in [5.74, 6) is 0.0759. The lowest BCUT2D eigenvalue weighted by molar-refractivity contribution is -0.117. The first-order valence-corrected chi connectivity index (χ1v) is 11.0. The summed E-state index contributed by atoms with van der Waals surface area (Å²) in [6.45, 7) is 4.74. The van der Waals surface area contributed by atoms with Gasteiger partial charge < -0.3 is 9.47 Å². The molecule has 29 heavy (non-hydrogen) atoms. The van der Waals surface area contributed by atoms with E-state index >= 15 is 0 Å². The lowest BCUT2D eigenvalue weighted by Crippen LogP contribution is -2.23. The summed E-state index contributed by atoms with van der Waals surface area (Å²) in [6.07, 6.45) is 1.37. The Morgan fingerprint density at radius 3 is 1.97 bits per heavy atom. The smallest absolute Gasteiger partial charge is 0.261 e. The molecule has 1 fully saturated rings. The van der Waals surface area contributed by atoms with E-state index in [-0.39, 0.29) is 10.8 Å². The van der Waals surface area contributed by atoms with E-state index in [9.17, 15) is 13.2 Å². The minimum absolute atomic E-state index is 0.0759. The number of nitrogens with zero attached hydrogens (tertiary/aromatic N) is 2. The number of sulfonamides is 1. The van der Waals surface area contributed by atoms with E-state index in [0.717, 1.165) is 29.2 Å². The number of benzene rings is 2. The quantitative estimate of drug-likeness (QED) is 0.692. The fraction of sp³-hybridized carbons (Fsp3) is 0.227. The molecule has 4 rings (SSSR count). The first kappa shape index (κ1) is 19.3. The van der Waals surface area contributed by atoms with Gasteiger partial charge in [0.25, 0.3) is 10.0 Å². The first-order valence-electron chi connectivity index (χ1n) is 9.54. The number of carbonyl (C=O) groups is 1. The number of hydrogen-bond donors (Lipinski definition) is 1. The second-order valence-electron chi connectivity index (χ2n) is 7.25. The van der Waals surface area contributed by atoms with Crippen LogP contribution in [0, 0.1) is 13.8 Å². The zero-order chi connectivity index (χ0) is 20.6. The van der Waals surface area contributed by atoms with Crippen molar-refractivity contribution in [1.29, 1.82) is 0 Å². The van der Waals surface area contributed by atoms with Crippen LogP contribution in [0.5, 0.6) is 0 Å². The molecule has 0 atom stereocenters. The van der Waals surface area contributed by atoms with E-state index in [4.69, 9.17) is 0 Å². The third-order valence-corrected chi connectivity index (χ3v) is 6.58. The normalized spacial score (nSPS) is 14.4. The van der Waals surface area contributed by atoms with Crippen LogP contribution in [0.3, 0.4) is 0 Å². The molecule has 150 valence electrons. The molecule has 3 aromatic rings. The summed E-state index contributed by atoms with van der Waals surface area (Å²) in [5, 5.41) is 0. The number of rotatable bonds is 5. The Hall–Kier alpha value is -3.06. The number of anilines is 2. The fourth-order valence-corrected chi connectivity index (χ4v) is 4.75. The van der Waals surface area contributed by atoms with E-state index in [1.54, 1.807) is 29.2 Å². The maximum Gasteiger partial charge on any atom is 0.261 e. The van der Waals surface area contributed by atoms with Crippen LogP contribution in [0.15, 0.2) is 65.6 Å². The maximum absolute atomic E-state index is 12.7. The van der Waals surface area contributed by atoms with E-state index in [1.807, 2.05) is 38.1 Å². The molecule has 0 saturated carbocycles. The van der Waals surface area contributed by atoms with Crippen molar-refractivity contribution in [3.8, 4) is 5.69 Å². The van der Waals surface area contributed by atoms with Gasteiger partial charge in [0.2, 0.25) is 5.91 Å². The summed E-state index contributed by atoms with van der Waals surface area (Å²) in [7, 11) is -3.71. The molecular weight excluding hydrogens is 386 g/mol. The molecule has 1 N–H and O–H groups in total. The number of hydrogen-bond acceptors (Lipinski definition) is 3. The highest BCUT2D eigenvalue weighted by Crippen LogP contribution is 2.25. The van der Waals surface area contributed by atoms with Gasteiger partial charge in [-0.05, 0) is 80.9 Å². The molecule has 0 aliphatic carbocycles. The van der Waals surface area contributed by atoms with Gasteiger partial charge in [-0.2, -0.15) is 0 Å². The predicted molar refractivity (Wildman–Crippen MR) is 114 cm³/mol. The van der Waals surface area contributed by atoms with Gasteiger partial charge >= 0.3 is 0 Å². The third kappa shape index (κ3) is 3.78. The van der Waals surface area contributed by atoms with Crippen molar-refractivity contribution in [3.63, 3.8) is 0 Å². The second kappa shape index (κ2) is 7.40. The Balaban J connectivity index is 1.52. The molecule has 0 bridgehead atoms. The van der Waals surface area contributed by atoms with Crippen LogP contribution in [-0.2, 0) is 14.8 Å². The average Bonchev–Trinajstić information content (AvgIpc) is 3.27. The Bertz CT molecular complexity index is 1130. The molecular formula is C22H23N3O3S. The van der Waals surface area contributed by atoms with Crippen LogP contribution in [0.25, 0.3) is 5.69 Å². The Morgan fingerprint density at radius 1 is 0.828 bits per heavy atom. The SMILES string of the molecule is Cc1ccc(C)n1-c1ccc(NS(=O)(=O)c2ccc(N3CCCC3=O)cc2)cc1. The van der Waals surface area contributed by atoms with Crippen molar-refractivity contribution in [2.24, 2.45) is 0 Å². The molecule has 2 heterocycles. The molecule has 2 aromatic carbocycles. The highest BCUT2D eigenvalue weighted by atomic mass is 32.2. The van der Waals surface area contributed by atoms with Gasteiger partial charge in [-0.3, -0.25) is 9.52 Å². The summed E-state index contributed by atoms with van der Waals surface area (Å²) in [6, 6.07) is 17.8. The van der Waals surface area contributed by atoms with Crippen molar-refractivity contribution < 1.29 is 13.2 Å². The van der Waals surface area contributed by atoms with Crippen molar-refractivity contribution in [3.05, 3.63) is 72.1 Å². The second-order valence-corrected chi connectivity index (χ2v) is 8.93. The lowest BCUT2D eigenvalue weighted by atomic mass is 10.2. The molecule has 0 unspecified atom stereocenters. The van der Waals surface area contributed by atoms with Gasteiger partial charge in [-0.1, -0.05) is 0 Å². The molecule has 7 heteroatoms. The van der Waals surface area contributed by atoms with Crippen LogP contribution in [0.4, 0.5) is 11.4 Å². The minimum Gasteiger partial charge on any atom is -0.319 e. The zero-order valence-corrected chi connectivity index (χ0v) is 17.2. The molecule has 0 spiro atoms. The van der Waals surface area contributed by atoms with Crippen molar-refractivity contribution >= 4 is 27.3 Å². The number of amides is 1. The maximum atomic E-state index is 12.7. The fourth-order valence-electron chi connectivity index (χ4n) is 3.69. The number of aryl methyl sites for hydroxylation is 2. The molecule has 1 amide bonds. The van der Waals surface area contributed by atoms with Crippen LogP contribution >= 0.6 is 0 Å². The topological polar surface area (TPSA) is 71.4 Å². The summed E-state index contributed by atoms with van der Waals surface area (Å²) >= 11 is 0. The van der Waals surface area contributed by atoms with E-state index < -0.39 is 10.0 Å². The van der Waals surface area contributed by atoms with Crippen LogP contribution in [0.1, 0.15) is 24.2 Å². The van der Waals surface area contributed by atoms with Gasteiger partial charge in [-0.25, -0.2) is 8.42 Å². The van der Waals surface area contributed by atoms with Gasteiger partial charge in [-0.15, -0.1) is 0 Å². The van der Waals surface area contributed by atoms with Gasteiger partial charge in [0, 0.05) is 41.4 Å². The van der Waals surface area contributed by atoms with Crippen LogP contribution in [-0.4, -0.2) is 25.4 Å². The molecule has 1 aliphatic rings. The number of carbonyl (C=O) groups excluding carboxylic acids is 1. The third-order valence-electron chi connectivity index (χ3n) is 5.18. The van der Waals surface area contributed by atoms with Crippen LogP contribution < -0.4 is 9.62 Å². The summed E-state index contributed by atoms with van der Waals surface area (Å²) < 4.78 is 30.2. The first-order chi connectivity index (χ1) is 13.8. The van der Waals surface area contributed by atoms with E-state index in [2.05, 4.69) is 9.29 Å². The molecule has 1 aromatic heterocycles. The molecule has 6 nitrogen and oxygen atoms in total. The molecule has 1 aliphatic heterocycles. The summed E-state index contributed by atoms with van der Waals surface area (Å²) in [5.41, 5.74) is 4.44. The van der Waals surface area contributed by atoms with Crippen molar-refractivity contribution in [2.45, 2.75) is 31.6 Å². The zero-order valence-electron chi connectivity index (χ0n) is 16.4. The van der Waals surface area contributed by atoms with Crippen molar-refractivity contribution in [1.82, 2.24) is 4.57 Å². The molecule has 0 radical (unpaired) electrons. The van der Waals surface area contributed by atoms with Gasteiger partial charge in [0.05, 0.1) is 4.90 Å². The highest BCUT2D eigenvalue weighted by Gasteiger charge is 2.22. The standard InChI is InChI=1S/C22H23N3O3S/c1-16-5-6-17(2)25(16)20-9-7-18(8-10-20)23-29(27,28)21-13-11-19(12-14-21)24-15-3-4-22(24)26/h5-14,23H,3-4,15H2,1-2H3. The molecule has 1 saturated heterocycles. The Morgan fingerprint density at radius 2 is 1.41 bits per heavy atom. The highest BCUT2D eigenvalue weighted by molar-refractivity contribution is 7.92. The predicted octanol–water partition coefficient (Wildman–Crippen LogP) is 4.02. The van der Waals surface area contributed by atoms with E-state index in [0.29, 0.717) is 18.7 Å². The monoisotopic (exact) mass is 409 g/mol. The minimum atomic E-state index is -3.71. The van der Waals surface area contributed by atoms with Gasteiger partial charge in [0.1, 0.15) is 0 Å².